The van der Waals surface area contributed by atoms with E-state index in [0.29, 0.717) is 41.6 Å². The lowest BCUT2D eigenvalue weighted by atomic mass is 10.1. The summed E-state index contributed by atoms with van der Waals surface area (Å²) < 4.78 is 0. The third kappa shape index (κ3) is 1.66. The van der Waals surface area contributed by atoms with E-state index in [0.717, 1.165) is 0 Å². The molecule has 1 atom stereocenters. The quantitative estimate of drug-likeness (QED) is 0.766. The SMILES string of the molecule is O=C1CC(CS)CN1c1ncnc2nc[nH]c12. The highest BCUT2D eigenvalue weighted by Gasteiger charge is 2.31. The molecule has 1 unspecified atom stereocenters. The zero-order valence-corrected chi connectivity index (χ0v) is 9.89. The average molecular weight is 249 g/mol. The number of hydrogen-bond acceptors (Lipinski definition) is 5. The summed E-state index contributed by atoms with van der Waals surface area (Å²) >= 11 is 4.24. The number of nitrogens with zero attached hydrogens (tertiary/aromatic N) is 4. The minimum atomic E-state index is 0.0821. The number of carbonyl (C=O) groups excluding carboxylic acids is 1. The van der Waals surface area contributed by atoms with Crippen molar-refractivity contribution in [2.75, 3.05) is 17.2 Å². The summed E-state index contributed by atoms with van der Waals surface area (Å²) in [7, 11) is 0. The fourth-order valence-corrected chi connectivity index (χ4v) is 2.31. The molecular weight excluding hydrogens is 238 g/mol. The maximum atomic E-state index is 11.9. The van der Waals surface area contributed by atoms with Gasteiger partial charge in [-0.3, -0.25) is 9.69 Å². The first-order valence-corrected chi connectivity index (χ1v) is 5.98. The van der Waals surface area contributed by atoms with E-state index < -0.39 is 0 Å². The molecule has 1 amide bonds. The Bertz CT molecular complexity index is 569. The Kier molecular flexibility index (Phi) is 2.47. The van der Waals surface area contributed by atoms with E-state index in [1.54, 1.807) is 11.2 Å². The number of aromatic amines is 1. The second-order valence-electron chi connectivity index (χ2n) is 4.06. The van der Waals surface area contributed by atoms with Crippen molar-refractivity contribution in [2.45, 2.75) is 6.42 Å². The number of H-pyrrole nitrogens is 1. The highest BCUT2D eigenvalue weighted by molar-refractivity contribution is 7.80. The van der Waals surface area contributed by atoms with Gasteiger partial charge in [0.1, 0.15) is 11.8 Å². The second-order valence-corrected chi connectivity index (χ2v) is 4.42. The lowest BCUT2D eigenvalue weighted by Gasteiger charge is -2.15. The van der Waals surface area contributed by atoms with Crippen LogP contribution in [-0.4, -0.2) is 38.1 Å². The number of nitrogens with one attached hydrogen (secondary N) is 1. The highest BCUT2D eigenvalue weighted by atomic mass is 32.1. The summed E-state index contributed by atoms with van der Waals surface area (Å²) in [6.45, 7) is 0.660. The molecule has 0 aromatic carbocycles. The topological polar surface area (TPSA) is 74.8 Å². The Balaban J connectivity index is 2.04. The van der Waals surface area contributed by atoms with E-state index >= 15 is 0 Å². The zero-order chi connectivity index (χ0) is 11.8. The first kappa shape index (κ1) is 10.5. The van der Waals surface area contributed by atoms with E-state index in [1.807, 2.05) is 0 Å². The Hall–Kier alpha value is -1.63. The fourth-order valence-electron chi connectivity index (χ4n) is 2.07. The fraction of sp³-hybridized carbons (Fsp3) is 0.400. The van der Waals surface area contributed by atoms with Crippen molar-refractivity contribution < 1.29 is 4.79 Å². The van der Waals surface area contributed by atoms with Gasteiger partial charge in [0.2, 0.25) is 5.91 Å². The molecule has 7 heteroatoms. The average Bonchev–Trinajstić information content (AvgIpc) is 2.94. The van der Waals surface area contributed by atoms with Crippen LogP contribution in [0.1, 0.15) is 6.42 Å². The number of fused-ring (bicyclic) bond motifs is 1. The van der Waals surface area contributed by atoms with Crippen molar-refractivity contribution in [1.29, 1.82) is 0 Å². The van der Waals surface area contributed by atoms with E-state index in [2.05, 4.69) is 32.6 Å². The van der Waals surface area contributed by atoms with Crippen LogP contribution in [0.5, 0.6) is 0 Å². The lowest BCUT2D eigenvalue weighted by Crippen LogP contribution is -2.26. The Morgan fingerprint density at radius 1 is 1.47 bits per heavy atom. The molecular formula is C10H11N5OS. The summed E-state index contributed by atoms with van der Waals surface area (Å²) in [5, 5.41) is 0. The molecule has 0 spiro atoms. The Morgan fingerprint density at radius 3 is 3.12 bits per heavy atom. The van der Waals surface area contributed by atoms with Gasteiger partial charge in [-0.25, -0.2) is 15.0 Å². The minimum absolute atomic E-state index is 0.0821. The van der Waals surface area contributed by atoms with Gasteiger partial charge in [-0.15, -0.1) is 0 Å². The molecule has 6 nitrogen and oxygen atoms in total. The minimum Gasteiger partial charge on any atom is -0.340 e. The van der Waals surface area contributed by atoms with Gasteiger partial charge in [-0.2, -0.15) is 12.6 Å². The van der Waals surface area contributed by atoms with Gasteiger partial charge in [0, 0.05) is 13.0 Å². The van der Waals surface area contributed by atoms with Crippen LogP contribution in [-0.2, 0) is 4.79 Å². The zero-order valence-electron chi connectivity index (χ0n) is 9.00. The number of aromatic nitrogens is 4. The molecule has 1 N–H and O–H groups in total. The number of rotatable bonds is 2. The number of thiol groups is 1. The summed E-state index contributed by atoms with van der Waals surface area (Å²) in [6.07, 6.45) is 3.52. The molecule has 2 aromatic heterocycles. The van der Waals surface area contributed by atoms with Gasteiger partial charge in [-0.05, 0) is 11.7 Å². The van der Waals surface area contributed by atoms with E-state index in [4.69, 9.17) is 0 Å². The maximum Gasteiger partial charge on any atom is 0.228 e. The van der Waals surface area contributed by atoms with Gasteiger partial charge in [-0.1, -0.05) is 0 Å². The molecule has 3 rings (SSSR count). The molecule has 2 aromatic rings. The molecule has 0 aliphatic carbocycles. The monoisotopic (exact) mass is 249 g/mol. The molecule has 1 aliphatic heterocycles. The Morgan fingerprint density at radius 2 is 2.35 bits per heavy atom. The molecule has 17 heavy (non-hydrogen) atoms. The van der Waals surface area contributed by atoms with Crippen LogP contribution in [0.25, 0.3) is 11.2 Å². The van der Waals surface area contributed by atoms with Crippen molar-refractivity contribution >= 4 is 35.5 Å². The number of carbonyl (C=O) groups is 1. The molecule has 1 aliphatic rings. The van der Waals surface area contributed by atoms with Crippen molar-refractivity contribution in [3.63, 3.8) is 0 Å². The van der Waals surface area contributed by atoms with Crippen molar-refractivity contribution in [3.8, 4) is 0 Å². The van der Waals surface area contributed by atoms with Crippen LogP contribution < -0.4 is 4.90 Å². The first-order chi connectivity index (χ1) is 8.29. The van der Waals surface area contributed by atoms with Gasteiger partial charge < -0.3 is 4.98 Å². The van der Waals surface area contributed by atoms with Gasteiger partial charge in [0.25, 0.3) is 0 Å². The van der Waals surface area contributed by atoms with Crippen LogP contribution in [0, 0.1) is 5.92 Å². The van der Waals surface area contributed by atoms with E-state index in [1.165, 1.54) is 6.33 Å². The maximum absolute atomic E-state index is 11.9. The number of amides is 1. The van der Waals surface area contributed by atoms with Gasteiger partial charge >= 0.3 is 0 Å². The lowest BCUT2D eigenvalue weighted by molar-refractivity contribution is -0.117. The van der Waals surface area contributed by atoms with E-state index in [9.17, 15) is 4.79 Å². The second kappa shape index (κ2) is 3.99. The third-order valence-electron chi connectivity index (χ3n) is 2.92. The summed E-state index contributed by atoms with van der Waals surface area (Å²) in [5.74, 6) is 1.69. The van der Waals surface area contributed by atoms with Crippen molar-refractivity contribution in [1.82, 2.24) is 19.9 Å². The predicted molar refractivity (Wildman–Crippen MR) is 66.0 cm³/mol. The van der Waals surface area contributed by atoms with Gasteiger partial charge in [0.05, 0.1) is 6.33 Å². The molecule has 88 valence electrons. The number of hydrogen-bond donors (Lipinski definition) is 2. The van der Waals surface area contributed by atoms with Crippen LogP contribution in [0.4, 0.5) is 5.82 Å². The van der Waals surface area contributed by atoms with Crippen molar-refractivity contribution in [3.05, 3.63) is 12.7 Å². The summed E-state index contributed by atoms with van der Waals surface area (Å²) in [5.41, 5.74) is 1.29. The van der Waals surface area contributed by atoms with E-state index in [-0.39, 0.29) is 5.91 Å². The molecule has 0 saturated carbocycles. The van der Waals surface area contributed by atoms with Crippen LogP contribution in [0.2, 0.25) is 0 Å². The number of anilines is 1. The van der Waals surface area contributed by atoms with Crippen molar-refractivity contribution in [2.24, 2.45) is 5.92 Å². The first-order valence-electron chi connectivity index (χ1n) is 5.35. The van der Waals surface area contributed by atoms with Crippen LogP contribution in [0.15, 0.2) is 12.7 Å². The summed E-state index contributed by atoms with van der Waals surface area (Å²) in [6, 6.07) is 0. The molecule has 3 heterocycles. The normalized spacial score (nSPS) is 20.4. The van der Waals surface area contributed by atoms with Gasteiger partial charge in [0.15, 0.2) is 11.5 Å². The Labute approximate surface area is 103 Å². The van der Waals surface area contributed by atoms with Crippen LogP contribution >= 0.6 is 12.6 Å². The highest BCUT2D eigenvalue weighted by Crippen LogP contribution is 2.27. The standard InChI is InChI=1S/C10H11N5OS/c16-7-1-6(3-17)2-15(7)10-8-9(12-4-11-8)13-5-14-10/h4-6,17H,1-3H2,(H,11,12,13,14). The summed E-state index contributed by atoms with van der Waals surface area (Å²) in [4.78, 5) is 28.8. The number of imidazole rings is 1. The largest absolute Gasteiger partial charge is 0.340 e. The smallest absolute Gasteiger partial charge is 0.228 e. The molecule has 1 fully saturated rings. The van der Waals surface area contributed by atoms with Crippen LogP contribution in [0.3, 0.4) is 0 Å². The predicted octanol–water partition coefficient (Wildman–Crippen LogP) is 0.636. The molecule has 1 saturated heterocycles. The third-order valence-corrected chi connectivity index (χ3v) is 3.44. The molecule has 0 radical (unpaired) electrons. The molecule has 0 bridgehead atoms.